The van der Waals surface area contributed by atoms with Crippen LogP contribution in [0.5, 0.6) is 0 Å². The maximum Gasteiger partial charge on any atom is 0.196 e. The Morgan fingerprint density at radius 3 is 2.61 bits per heavy atom. The van der Waals surface area contributed by atoms with E-state index >= 15 is 0 Å². The molecule has 1 aliphatic rings. The van der Waals surface area contributed by atoms with E-state index in [1.165, 1.54) is 0 Å². The highest BCUT2D eigenvalue weighted by molar-refractivity contribution is 6.68. The summed E-state index contributed by atoms with van der Waals surface area (Å²) in [6.07, 6.45) is 0. The van der Waals surface area contributed by atoms with E-state index in [1.807, 2.05) is 0 Å². The number of rotatable bonds is 2. The molecule has 94 valence electrons. The van der Waals surface area contributed by atoms with Crippen molar-refractivity contribution in [3.8, 4) is 0 Å². The van der Waals surface area contributed by atoms with Crippen LogP contribution in [0.2, 0.25) is 0 Å². The normalized spacial score (nSPS) is 16.7. The summed E-state index contributed by atoms with van der Waals surface area (Å²) < 4.78 is 38.8. The Hall–Kier alpha value is -2.58. The third-order valence-electron chi connectivity index (χ3n) is 2.09. The van der Waals surface area contributed by atoms with Crippen molar-refractivity contribution in [3.63, 3.8) is 0 Å². The minimum Gasteiger partial charge on any atom is -0.380 e. The Morgan fingerprint density at radius 1 is 1.28 bits per heavy atom. The maximum atomic E-state index is 13.3. The molecule has 0 aromatic heterocycles. The number of benzene rings is 1. The number of hydrogen-bond acceptors (Lipinski definition) is 5. The van der Waals surface area contributed by atoms with Crippen LogP contribution in [0.1, 0.15) is 0 Å². The monoisotopic (exact) mass is 256 g/mol. The van der Waals surface area contributed by atoms with Crippen molar-refractivity contribution in [2.24, 2.45) is 15.9 Å². The number of nitrogens with zero attached hydrogens (tertiary/aromatic N) is 2. The van der Waals surface area contributed by atoms with E-state index in [4.69, 9.17) is 11.1 Å². The Labute approximate surface area is 98.9 Å². The summed E-state index contributed by atoms with van der Waals surface area (Å²) in [5, 5.41) is 14.4. The summed E-state index contributed by atoms with van der Waals surface area (Å²) in [4.78, 5) is 0. The lowest BCUT2D eigenvalue weighted by Gasteiger charge is -2.04. The first-order chi connectivity index (χ1) is 8.50. The van der Waals surface area contributed by atoms with Gasteiger partial charge in [-0.05, 0) is 12.1 Å². The van der Waals surface area contributed by atoms with Crippen LogP contribution in [0.4, 0.5) is 18.9 Å². The number of nitrogens with two attached hydrogens (primary N) is 1. The van der Waals surface area contributed by atoms with Crippen LogP contribution in [0.15, 0.2) is 22.3 Å². The molecule has 0 bridgehead atoms. The Kier molecular flexibility index (Phi) is 2.88. The van der Waals surface area contributed by atoms with Crippen LogP contribution >= 0.6 is 0 Å². The minimum atomic E-state index is -1.61. The lowest BCUT2D eigenvalue weighted by atomic mass is 10.3. The molecule has 0 fully saturated rings. The number of nitrogens with one attached hydrogen (secondary N) is 3. The summed E-state index contributed by atoms with van der Waals surface area (Å²) >= 11 is 0. The highest BCUT2D eigenvalue weighted by atomic mass is 19.2. The second-order valence-corrected chi connectivity index (χ2v) is 3.28. The van der Waals surface area contributed by atoms with Crippen molar-refractivity contribution >= 4 is 23.1 Å². The molecular formula is C9H7F3N6. The largest absolute Gasteiger partial charge is 0.380 e. The van der Waals surface area contributed by atoms with Gasteiger partial charge in [-0.15, -0.1) is 0 Å². The molecule has 1 aromatic carbocycles. The quantitative estimate of drug-likeness (QED) is 0.463. The first kappa shape index (κ1) is 11.9. The molecule has 0 aliphatic carbocycles. The molecule has 5 N–H and O–H groups in total. The van der Waals surface area contributed by atoms with Gasteiger partial charge in [0.25, 0.3) is 0 Å². The molecule has 0 amide bonds. The molecule has 1 heterocycles. The fourth-order valence-corrected chi connectivity index (χ4v) is 1.19. The number of hydrogen-bond donors (Lipinski definition) is 4. The Bertz CT molecular complexity index is 580. The average molecular weight is 256 g/mol. The SMILES string of the molecule is N=C1NN=C(N)/C1=N/Nc1ccc(F)c(F)c1F. The molecule has 18 heavy (non-hydrogen) atoms. The minimum absolute atomic E-state index is 0.0564. The number of amidine groups is 2. The van der Waals surface area contributed by atoms with Gasteiger partial charge in [0.15, 0.2) is 34.8 Å². The van der Waals surface area contributed by atoms with Gasteiger partial charge >= 0.3 is 0 Å². The van der Waals surface area contributed by atoms with E-state index in [1.54, 1.807) is 0 Å². The molecule has 1 aliphatic heterocycles. The molecule has 0 atom stereocenters. The van der Waals surface area contributed by atoms with Gasteiger partial charge in [-0.2, -0.15) is 10.2 Å². The number of halogens is 3. The summed E-state index contributed by atoms with van der Waals surface area (Å²) in [6, 6.07) is 1.72. The van der Waals surface area contributed by atoms with Gasteiger partial charge in [0, 0.05) is 0 Å². The van der Waals surface area contributed by atoms with Crippen LogP contribution in [0.3, 0.4) is 0 Å². The van der Waals surface area contributed by atoms with Crippen LogP contribution in [-0.4, -0.2) is 17.4 Å². The Morgan fingerprint density at radius 2 is 2.00 bits per heavy atom. The third-order valence-corrected chi connectivity index (χ3v) is 2.09. The van der Waals surface area contributed by atoms with Crippen molar-refractivity contribution in [3.05, 3.63) is 29.6 Å². The standard InChI is InChI=1S/C9H7F3N6/c10-3-1-2-4(6(12)5(3)11)15-16-7-8(13)17-18-9(7)14/h1-2,15H,(H4,13,14,16,17,18). The van der Waals surface area contributed by atoms with Crippen molar-refractivity contribution in [2.75, 3.05) is 5.43 Å². The van der Waals surface area contributed by atoms with Crippen LogP contribution in [-0.2, 0) is 0 Å². The number of anilines is 1. The fourth-order valence-electron chi connectivity index (χ4n) is 1.19. The smallest absolute Gasteiger partial charge is 0.196 e. The molecule has 0 saturated heterocycles. The first-order valence-electron chi connectivity index (χ1n) is 4.66. The summed E-state index contributed by atoms with van der Waals surface area (Å²) in [7, 11) is 0. The lowest BCUT2D eigenvalue weighted by molar-refractivity contribution is 0.449. The molecule has 6 nitrogen and oxygen atoms in total. The van der Waals surface area contributed by atoms with Crippen LogP contribution in [0, 0.1) is 22.9 Å². The van der Waals surface area contributed by atoms with Crippen molar-refractivity contribution in [1.82, 2.24) is 5.43 Å². The van der Waals surface area contributed by atoms with Gasteiger partial charge in [0.05, 0.1) is 5.69 Å². The van der Waals surface area contributed by atoms with Crippen LogP contribution in [0.25, 0.3) is 0 Å². The molecule has 0 radical (unpaired) electrons. The molecule has 0 saturated carbocycles. The van der Waals surface area contributed by atoms with E-state index in [0.29, 0.717) is 0 Å². The fraction of sp³-hybridized carbons (Fsp3) is 0. The van der Waals surface area contributed by atoms with Gasteiger partial charge in [-0.1, -0.05) is 0 Å². The van der Waals surface area contributed by atoms with Gasteiger partial charge in [-0.25, -0.2) is 13.2 Å². The molecule has 0 unspecified atom stereocenters. The van der Waals surface area contributed by atoms with Crippen LogP contribution < -0.4 is 16.6 Å². The molecule has 2 rings (SSSR count). The van der Waals surface area contributed by atoms with E-state index in [0.717, 1.165) is 12.1 Å². The zero-order valence-corrected chi connectivity index (χ0v) is 8.76. The van der Waals surface area contributed by atoms with Gasteiger partial charge in [-0.3, -0.25) is 16.3 Å². The van der Waals surface area contributed by atoms with E-state index in [9.17, 15) is 13.2 Å². The maximum absolute atomic E-state index is 13.3. The Balaban J connectivity index is 2.26. The van der Waals surface area contributed by atoms with Crippen molar-refractivity contribution < 1.29 is 13.2 Å². The van der Waals surface area contributed by atoms with Gasteiger partial charge < -0.3 is 5.73 Å². The van der Waals surface area contributed by atoms with Crippen molar-refractivity contribution in [2.45, 2.75) is 0 Å². The highest BCUT2D eigenvalue weighted by Gasteiger charge is 2.19. The second-order valence-electron chi connectivity index (χ2n) is 3.28. The highest BCUT2D eigenvalue weighted by Crippen LogP contribution is 2.19. The predicted molar refractivity (Wildman–Crippen MR) is 59.9 cm³/mol. The third kappa shape index (κ3) is 1.97. The molecule has 0 spiro atoms. The van der Waals surface area contributed by atoms with E-state index in [2.05, 4.69) is 21.1 Å². The zero-order valence-electron chi connectivity index (χ0n) is 8.76. The summed E-state index contributed by atoms with van der Waals surface area (Å²) in [5.74, 6) is -4.59. The van der Waals surface area contributed by atoms with Gasteiger partial charge in [0.2, 0.25) is 0 Å². The predicted octanol–water partition coefficient (Wildman–Crippen LogP) is 0.724. The molecule has 1 aromatic rings. The molecule has 9 heteroatoms. The summed E-state index contributed by atoms with van der Waals surface area (Å²) in [6.45, 7) is 0. The zero-order chi connectivity index (χ0) is 13.3. The average Bonchev–Trinajstić information content (AvgIpc) is 2.66. The van der Waals surface area contributed by atoms with Crippen molar-refractivity contribution in [1.29, 1.82) is 5.41 Å². The van der Waals surface area contributed by atoms with Gasteiger partial charge in [0.1, 0.15) is 0 Å². The first-order valence-corrected chi connectivity index (χ1v) is 4.66. The second kappa shape index (κ2) is 4.35. The molecular weight excluding hydrogens is 249 g/mol. The van der Waals surface area contributed by atoms with E-state index in [-0.39, 0.29) is 23.1 Å². The lowest BCUT2D eigenvalue weighted by Crippen LogP contribution is -2.28. The van der Waals surface area contributed by atoms with E-state index < -0.39 is 17.5 Å². The number of hydrazone groups is 2. The summed E-state index contributed by atoms with van der Waals surface area (Å²) in [5.41, 5.74) is 9.32. The topological polar surface area (TPSA) is 98.7 Å².